The van der Waals surface area contributed by atoms with Crippen molar-refractivity contribution in [3.63, 3.8) is 0 Å². The van der Waals surface area contributed by atoms with Gasteiger partial charge < -0.3 is 0 Å². The zero-order valence-electron chi connectivity index (χ0n) is 20.7. The van der Waals surface area contributed by atoms with E-state index in [1.54, 1.807) is 23.1 Å². The van der Waals surface area contributed by atoms with Crippen molar-refractivity contribution in [3.8, 4) is 0 Å². The normalized spacial score (nSPS) is 11.6. The van der Waals surface area contributed by atoms with Crippen molar-refractivity contribution < 1.29 is 4.79 Å². The number of fused-ring (bicyclic) bond motifs is 1. The summed E-state index contributed by atoms with van der Waals surface area (Å²) in [5, 5.41) is 5.78. The fraction of sp³-hybridized carbons (Fsp3) is 0.370. The van der Waals surface area contributed by atoms with Crippen LogP contribution in [-0.4, -0.2) is 32.5 Å². The molecule has 4 rings (SSSR count). The van der Waals surface area contributed by atoms with Crippen molar-refractivity contribution in [2.75, 3.05) is 11.4 Å². The maximum Gasteiger partial charge on any atom is 0.260 e. The second kappa shape index (κ2) is 10.3. The molecule has 178 valence electrons. The van der Waals surface area contributed by atoms with Gasteiger partial charge in [0.15, 0.2) is 5.13 Å². The molecule has 0 aliphatic carbocycles. The van der Waals surface area contributed by atoms with E-state index in [4.69, 9.17) is 4.98 Å². The summed E-state index contributed by atoms with van der Waals surface area (Å²) in [6, 6.07) is 16.3. The van der Waals surface area contributed by atoms with Crippen LogP contribution < -0.4 is 4.90 Å². The van der Waals surface area contributed by atoms with Crippen molar-refractivity contribution >= 4 is 44.4 Å². The molecule has 0 radical (unpaired) electrons. The molecule has 5 nitrogen and oxygen atoms in total. The van der Waals surface area contributed by atoms with Gasteiger partial charge in [0.25, 0.3) is 5.91 Å². The Morgan fingerprint density at radius 1 is 1.09 bits per heavy atom. The molecular weight excluding hydrogens is 460 g/mol. The Balaban J connectivity index is 1.72. The summed E-state index contributed by atoms with van der Waals surface area (Å²) in [4.78, 5) is 21.8. The SMILES string of the molecule is Cc1cc(C)n(CCN(C(=O)c2cccc(SC(C)C)c2)c2nc3c(C(C)C)cccc3s2)n1. The number of rotatable bonds is 8. The van der Waals surface area contributed by atoms with Gasteiger partial charge >= 0.3 is 0 Å². The first-order valence-corrected chi connectivity index (χ1v) is 13.4. The largest absolute Gasteiger partial charge is 0.282 e. The molecule has 0 atom stereocenters. The highest BCUT2D eigenvalue weighted by atomic mass is 32.2. The molecule has 34 heavy (non-hydrogen) atoms. The third-order valence-corrected chi connectivity index (χ3v) is 7.67. The summed E-state index contributed by atoms with van der Waals surface area (Å²) in [5.41, 5.74) is 4.95. The molecule has 0 fully saturated rings. The minimum absolute atomic E-state index is 0.0297. The summed E-state index contributed by atoms with van der Waals surface area (Å²) in [6.07, 6.45) is 0. The van der Waals surface area contributed by atoms with Crippen LogP contribution in [0.3, 0.4) is 0 Å². The van der Waals surface area contributed by atoms with E-state index in [9.17, 15) is 4.79 Å². The maximum atomic E-state index is 13.8. The predicted molar refractivity (Wildman–Crippen MR) is 145 cm³/mol. The van der Waals surface area contributed by atoms with Crippen LogP contribution in [0.5, 0.6) is 0 Å². The lowest BCUT2D eigenvalue weighted by Crippen LogP contribution is -2.34. The first-order valence-electron chi connectivity index (χ1n) is 11.7. The molecule has 2 aromatic heterocycles. The van der Waals surface area contributed by atoms with Gasteiger partial charge in [0.1, 0.15) is 0 Å². The number of nitrogens with zero attached hydrogens (tertiary/aromatic N) is 4. The van der Waals surface area contributed by atoms with Crippen LogP contribution >= 0.6 is 23.1 Å². The number of benzene rings is 2. The third kappa shape index (κ3) is 5.36. The van der Waals surface area contributed by atoms with E-state index in [-0.39, 0.29) is 5.91 Å². The molecule has 0 saturated heterocycles. The van der Waals surface area contributed by atoms with Crippen LogP contribution in [0.2, 0.25) is 0 Å². The van der Waals surface area contributed by atoms with Gasteiger partial charge in [-0.3, -0.25) is 14.4 Å². The van der Waals surface area contributed by atoms with Gasteiger partial charge in [-0.1, -0.05) is 57.2 Å². The highest BCUT2D eigenvalue weighted by molar-refractivity contribution is 7.99. The average Bonchev–Trinajstić information content (AvgIpc) is 3.35. The fourth-order valence-electron chi connectivity index (χ4n) is 4.05. The summed E-state index contributed by atoms with van der Waals surface area (Å²) in [5.74, 6) is 0.333. The first-order chi connectivity index (χ1) is 16.2. The molecule has 0 N–H and O–H groups in total. The van der Waals surface area contributed by atoms with Crippen molar-refractivity contribution in [1.29, 1.82) is 0 Å². The van der Waals surface area contributed by atoms with Crippen molar-refractivity contribution in [1.82, 2.24) is 14.8 Å². The van der Waals surface area contributed by atoms with Crippen molar-refractivity contribution in [2.45, 2.75) is 64.2 Å². The monoisotopic (exact) mass is 492 g/mol. The number of para-hydroxylation sites is 1. The Morgan fingerprint density at radius 2 is 1.85 bits per heavy atom. The topological polar surface area (TPSA) is 51.0 Å². The van der Waals surface area contributed by atoms with Gasteiger partial charge in [0.2, 0.25) is 0 Å². The lowest BCUT2D eigenvalue weighted by Gasteiger charge is -2.21. The number of thioether (sulfide) groups is 1. The van der Waals surface area contributed by atoms with E-state index in [2.05, 4.69) is 63.1 Å². The molecule has 4 aromatic rings. The molecule has 2 heterocycles. The third-order valence-electron chi connectivity index (χ3n) is 5.63. The number of carbonyl (C=O) groups excluding carboxylic acids is 1. The van der Waals surface area contributed by atoms with E-state index >= 15 is 0 Å². The van der Waals surface area contributed by atoms with Gasteiger partial charge in [-0.05, 0) is 55.7 Å². The second-order valence-corrected chi connectivity index (χ2v) is 11.8. The van der Waals surface area contributed by atoms with Crippen LogP contribution in [0.25, 0.3) is 10.2 Å². The Labute approximate surface area is 210 Å². The summed E-state index contributed by atoms with van der Waals surface area (Å²) in [6.45, 7) is 13.8. The number of hydrogen-bond acceptors (Lipinski definition) is 5. The van der Waals surface area contributed by atoms with Crippen molar-refractivity contribution in [2.24, 2.45) is 0 Å². The van der Waals surface area contributed by atoms with E-state index in [1.165, 1.54) is 5.56 Å². The average molecular weight is 493 g/mol. The molecule has 0 spiro atoms. The fourth-order valence-corrected chi connectivity index (χ4v) is 5.97. The van der Waals surface area contributed by atoms with E-state index in [0.717, 1.165) is 31.6 Å². The standard InChI is InChI=1S/C27H32N4OS2/c1-17(2)23-11-8-12-24-25(23)28-27(34-24)30(13-14-31-20(6)15-19(5)29-31)26(32)21-9-7-10-22(16-21)33-18(3)4/h7-12,15-18H,13-14H2,1-6H3. The Morgan fingerprint density at radius 3 is 2.53 bits per heavy atom. The lowest BCUT2D eigenvalue weighted by molar-refractivity contribution is 0.0985. The molecule has 7 heteroatoms. The molecule has 0 unspecified atom stereocenters. The van der Waals surface area contributed by atoms with Gasteiger partial charge in [0.05, 0.1) is 22.5 Å². The van der Waals surface area contributed by atoms with E-state index < -0.39 is 0 Å². The van der Waals surface area contributed by atoms with Gasteiger partial charge in [0, 0.05) is 27.9 Å². The molecule has 0 bridgehead atoms. The van der Waals surface area contributed by atoms with Gasteiger partial charge in [-0.2, -0.15) is 5.10 Å². The molecule has 1 amide bonds. The number of hydrogen-bond donors (Lipinski definition) is 0. The number of aryl methyl sites for hydroxylation is 2. The number of anilines is 1. The number of thiazole rings is 1. The molecule has 2 aromatic carbocycles. The minimum Gasteiger partial charge on any atom is -0.282 e. The van der Waals surface area contributed by atoms with E-state index in [0.29, 0.717) is 29.8 Å². The van der Waals surface area contributed by atoms with Crippen LogP contribution in [0.1, 0.15) is 60.9 Å². The van der Waals surface area contributed by atoms with Crippen LogP contribution in [0.15, 0.2) is 53.4 Å². The zero-order valence-corrected chi connectivity index (χ0v) is 22.3. The summed E-state index contributed by atoms with van der Waals surface area (Å²) >= 11 is 3.34. The van der Waals surface area contributed by atoms with Crippen LogP contribution in [-0.2, 0) is 6.54 Å². The van der Waals surface area contributed by atoms with Gasteiger partial charge in [-0.15, -0.1) is 11.8 Å². The summed E-state index contributed by atoms with van der Waals surface area (Å²) in [7, 11) is 0. The molecular formula is C27H32N4OS2. The molecule has 0 saturated carbocycles. The van der Waals surface area contributed by atoms with Gasteiger partial charge in [-0.25, -0.2) is 4.98 Å². The number of carbonyl (C=O) groups is 1. The van der Waals surface area contributed by atoms with Crippen molar-refractivity contribution in [3.05, 3.63) is 71.0 Å². The molecule has 0 aliphatic rings. The first kappa shape index (κ1) is 24.5. The lowest BCUT2D eigenvalue weighted by atomic mass is 10.0. The van der Waals surface area contributed by atoms with Crippen LogP contribution in [0.4, 0.5) is 5.13 Å². The number of aromatic nitrogens is 3. The Kier molecular flexibility index (Phi) is 7.43. The predicted octanol–water partition coefficient (Wildman–Crippen LogP) is 7.08. The zero-order chi connectivity index (χ0) is 24.4. The highest BCUT2D eigenvalue weighted by Gasteiger charge is 2.23. The highest BCUT2D eigenvalue weighted by Crippen LogP contribution is 2.34. The molecule has 0 aliphatic heterocycles. The Bertz CT molecular complexity index is 1310. The van der Waals surface area contributed by atoms with E-state index in [1.807, 2.05) is 41.6 Å². The quantitative estimate of drug-likeness (QED) is 0.247. The number of amides is 1. The van der Waals surface area contributed by atoms with Crippen LogP contribution in [0, 0.1) is 13.8 Å². The second-order valence-electron chi connectivity index (χ2n) is 9.15. The summed E-state index contributed by atoms with van der Waals surface area (Å²) < 4.78 is 3.07. The Hall–Kier alpha value is -2.64. The minimum atomic E-state index is -0.0297. The smallest absolute Gasteiger partial charge is 0.260 e. The maximum absolute atomic E-state index is 13.8.